The Bertz CT molecular complexity index is 1270. The Morgan fingerprint density at radius 3 is 2.61 bits per heavy atom. The van der Waals surface area contributed by atoms with E-state index in [9.17, 15) is 0 Å². The zero-order valence-corrected chi connectivity index (χ0v) is 21.0. The van der Waals surface area contributed by atoms with Gasteiger partial charge in [0.25, 0.3) is 0 Å². The molecule has 0 spiro atoms. The summed E-state index contributed by atoms with van der Waals surface area (Å²) < 4.78 is 15.5. The lowest BCUT2D eigenvalue weighted by Crippen LogP contribution is -2.26. The molecule has 0 aliphatic heterocycles. The van der Waals surface area contributed by atoms with Crippen LogP contribution in [-0.2, 0) is 0 Å². The maximum absolute atomic E-state index is 15.5. The van der Waals surface area contributed by atoms with Crippen LogP contribution in [0, 0.1) is 11.8 Å². The Balaban J connectivity index is 1.35. The molecule has 2 unspecified atom stereocenters. The van der Waals surface area contributed by atoms with E-state index in [1.54, 1.807) is 18.2 Å². The Kier molecular flexibility index (Phi) is 7.49. The summed E-state index contributed by atoms with van der Waals surface area (Å²) in [4.78, 5) is 9.38. The fraction of sp³-hybridized carbons (Fsp3) is 0.333. The van der Waals surface area contributed by atoms with E-state index in [-0.39, 0.29) is 5.92 Å². The van der Waals surface area contributed by atoms with Gasteiger partial charge in [-0.05, 0) is 85.7 Å². The minimum atomic E-state index is -1.69. The molecule has 2 aliphatic rings. The van der Waals surface area contributed by atoms with Crippen LogP contribution in [0.4, 0.5) is 10.2 Å². The van der Waals surface area contributed by atoms with Crippen molar-refractivity contribution in [1.29, 1.82) is 0 Å². The second-order valence-corrected chi connectivity index (χ2v) is 10.4. The van der Waals surface area contributed by atoms with E-state index in [0.29, 0.717) is 22.7 Å². The SMILES string of the molecule is NCC1CCCC(CNc2nc(/C=C/C3(F)C=CC(c4ccccc4)C=C3)nc3cc(Cl)ccc23)C1. The second kappa shape index (κ2) is 10.9. The average Bonchev–Trinajstić information content (AvgIpc) is 2.91. The summed E-state index contributed by atoms with van der Waals surface area (Å²) in [5.41, 5.74) is 6.10. The van der Waals surface area contributed by atoms with Gasteiger partial charge in [-0.3, -0.25) is 0 Å². The van der Waals surface area contributed by atoms with E-state index in [1.165, 1.54) is 25.3 Å². The molecular weight excluding hydrogens is 471 g/mol. The van der Waals surface area contributed by atoms with Crippen molar-refractivity contribution in [3.05, 3.63) is 95.3 Å². The summed E-state index contributed by atoms with van der Waals surface area (Å²) in [5, 5.41) is 5.05. The van der Waals surface area contributed by atoms with Crippen LogP contribution < -0.4 is 11.1 Å². The molecule has 1 saturated carbocycles. The van der Waals surface area contributed by atoms with Gasteiger partial charge in [-0.1, -0.05) is 60.5 Å². The topological polar surface area (TPSA) is 63.8 Å². The molecule has 6 heteroatoms. The first-order valence-electron chi connectivity index (χ1n) is 12.7. The summed E-state index contributed by atoms with van der Waals surface area (Å²) in [6.45, 7) is 1.58. The first-order valence-corrected chi connectivity index (χ1v) is 13.1. The molecule has 1 fully saturated rings. The van der Waals surface area contributed by atoms with Gasteiger partial charge < -0.3 is 11.1 Å². The molecule has 5 rings (SSSR count). The number of hydrogen-bond donors (Lipinski definition) is 2. The normalized spacial score (nSPS) is 26.0. The zero-order valence-electron chi connectivity index (χ0n) is 20.3. The minimum Gasteiger partial charge on any atom is -0.369 e. The molecule has 0 bridgehead atoms. The van der Waals surface area contributed by atoms with Gasteiger partial charge in [0.1, 0.15) is 5.82 Å². The lowest BCUT2D eigenvalue weighted by molar-refractivity contribution is 0.281. The van der Waals surface area contributed by atoms with Gasteiger partial charge in [0.05, 0.1) is 5.52 Å². The van der Waals surface area contributed by atoms with Crippen LogP contribution in [0.5, 0.6) is 0 Å². The van der Waals surface area contributed by atoms with Crippen molar-refractivity contribution >= 4 is 34.4 Å². The van der Waals surface area contributed by atoms with Crippen LogP contribution in [0.15, 0.2) is 78.9 Å². The predicted molar refractivity (Wildman–Crippen MR) is 148 cm³/mol. The number of fused-ring (bicyclic) bond motifs is 1. The number of benzene rings is 2. The highest BCUT2D eigenvalue weighted by Crippen LogP contribution is 2.32. The first-order chi connectivity index (χ1) is 17.5. The maximum Gasteiger partial charge on any atom is 0.166 e. The third kappa shape index (κ3) is 5.85. The number of nitrogens with two attached hydrogens (primary N) is 1. The van der Waals surface area contributed by atoms with E-state index in [2.05, 4.69) is 10.3 Å². The molecule has 4 nitrogen and oxygen atoms in total. The van der Waals surface area contributed by atoms with E-state index >= 15 is 4.39 Å². The largest absolute Gasteiger partial charge is 0.369 e. The van der Waals surface area contributed by atoms with Crippen LogP contribution >= 0.6 is 11.6 Å². The number of aromatic nitrogens is 2. The van der Waals surface area contributed by atoms with Gasteiger partial charge in [0, 0.05) is 22.9 Å². The van der Waals surface area contributed by atoms with Gasteiger partial charge in [-0.2, -0.15) is 0 Å². The van der Waals surface area contributed by atoms with Crippen molar-refractivity contribution in [2.45, 2.75) is 37.3 Å². The van der Waals surface area contributed by atoms with E-state index < -0.39 is 5.67 Å². The van der Waals surface area contributed by atoms with Gasteiger partial charge in [-0.15, -0.1) is 0 Å². The number of nitrogens with zero attached hydrogens (tertiary/aromatic N) is 2. The molecule has 36 heavy (non-hydrogen) atoms. The van der Waals surface area contributed by atoms with Crippen LogP contribution in [0.25, 0.3) is 17.0 Å². The maximum atomic E-state index is 15.5. The Morgan fingerprint density at radius 1 is 1.06 bits per heavy atom. The summed E-state index contributed by atoms with van der Waals surface area (Å²) in [6, 6.07) is 15.7. The van der Waals surface area contributed by atoms with Crippen LogP contribution in [0.3, 0.4) is 0 Å². The van der Waals surface area contributed by atoms with Gasteiger partial charge >= 0.3 is 0 Å². The van der Waals surface area contributed by atoms with Crippen LogP contribution in [-0.4, -0.2) is 28.7 Å². The molecule has 1 heterocycles. The monoisotopic (exact) mass is 502 g/mol. The van der Waals surface area contributed by atoms with Crippen molar-refractivity contribution in [2.24, 2.45) is 17.6 Å². The smallest absolute Gasteiger partial charge is 0.166 e. The number of nitrogens with one attached hydrogen (secondary N) is 1. The molecule has 0 saturated heterocycles. The molecule has 0 amide bonds. The summed E-state index contributed by atoms with van der Waals surface area (Å²) in [7, 11) is 0. The predicted octanol–water partition coefficient (Wildman–Crippen LogP) is 7.09. The molecule has 2 aliphatic carbocycles. The second-order valence-electron chi connectivity index (χ2n) is 9.92. The van der Waals surface area contributed by atoms with Crippen molar-refractivity contribution in [3.63, 3.8) is 0 Å². The Labute approximate surface area is 217 Å². The molecule has 2 aromatic carbocycles. The van der Waals surface area contributed by atoms with Crippen LogP contribution in [0.1, 0.15) is 43.0 Å². The Morgan fingerprint density at radius 2 is 1.83 bits per heavy atom. The average molecular weight is 503 g/mol. The molecule has 3 aromatic rings. The van der Waals surface area contributed by atoms with Crippen LogP contribution in [0.2, 0.25) is 5.02 Å². The van der Waals surface area contributed by atoms with Gasteiger partial charge in [0.2, 0.25) is 0 Å². The van der Waals surface area contributed by atoms with Gasteiger partial charge in [-0.25, -0.2) is 14.4 Å². The van der Waals surface area contributed by atoms with Crippen molar-refractivity contribution in [2.75, 3.05) is 18.4 Å². The van der Waals surface area contributed by atoms with Crippen molar-refractivity contribution in [3.8, 4) is 0 Å². The van der Waals surface area contributed by atoms with Crippen molar-refractivity contribution in [1.82, 2.24) is 9.97 Å². The highest BCUT2D eigenvalue weighted by molar-refractivity contribution is 6.31. The molecule has 1 aromatic heterocycles. The zero-order chi connectivity index (χ0) is 25.0. The molecule has 2 atom stereocenters. The lowest BCUT2D eigenvalue weighted by Gasteiger charge is -2.28. The molecule has 0 radical (unpaired) electrons. The third-order valence-electron chi connectivity index (χ3n) is 7.25. The summed E-state index contributed by atoms with van der Waals surface area (Å²) in [5.74, 6) is 2.42. The molecule has 3 N–H and O–H groups in total. The van der Waals surface area contributed by atoms with Crippen molar-refractivity contribution < 1.29 is 4.39 Å². The Hall–Kier alpha value is -3.02. The number of halogens is 2. The number of hydrogen-bond acceptors (Lipinski definition) is 4. The summed E-state index contributed by atoms with van der Waals surface area (Å²) in [6.07, 6.45) is 14.9. The third-order valence-corrected chi connectivity index (χ3v) is 7.48. The molecular formula is C30H32ClFN4. The quantitative estimate of drug-likeness (QED) is 0.338. The fourth-order valence-electron chi connectivity index (χ4n) is 5.21. The van der Waals surface area contributed by atoms with E-state index in [0.717, 1.165) is 41.8 Å². The number of anilines is 1. The molecule has 186 valence electrons. The fourth-order valence-corrected chi connectivity index (χ4v) is 5.37. The highest BCUT2D eigenvalue weighted by atomic mass is 35.5. The number of allylic oxidation sites excluding steroid dienone is 5. The standard InChI is InChI=1S/C30H32ClFN4/c31-25-9-10-26-27(18-25)35-28(36-29(26)34-20-22-6-4-5-21(17-22)19-33)13-16-30(32)14-11-24(12-15-30)23-7-2-1-3-8-23/h1-3,7-16,18,21-22,24H,4-6,17,19-20,33H2,(H,34,35,36)/b16-13+. The number of alkyl halides is 1. The van der Waals surface area contributed by atoms with E-state index in [1.807, 2.05) is 60.7 Å². The summed E-state index contributed by atoms with van der Waals surface area (Å²) >= 11 is 6.25. The highest BCUT2D eigenvalue weighted by Gasteiger charge is 2.24. The lowest BCUT2D eigenvalue weighted by atomic mass is 9.81. The van der Waals surface area contributed by atoms with E-state index in [4.69, 9.17) is 22.3 Å². The van der Waals surface area contributed by atoms with Gasteiger partial charge in [0.15, 0.2) is 11.5 Å². The number of rotatable bonds is 7. The first kappa shape index (κ1) is 24.7. The minimum absolute atomic E-state index is 0.0667.